The van der Waals surface area contributed by atoms with Crippen molar-refractivity contribution in [3.63, 3.8) is 0 Å². The largest absolute Gasteiger partial charge is 0.479 e. The van der Waals surface area contributed by atoms with Crippen LogP contribution >= 0.6 is 15.9 Å². The molecule has 0 aromatic heterocycles. The van der Waals surface area contributed by atoms with Crippen LogP contribution in [0.2, 0.25) is 0 Å². The zero-order chi connectivity index (χ0) is 15.7. The molecule has 1 unspecified atom stereocenters. The van der Waals surface area contributed by atoms with Crippen molar-refractivity contribution in [2.45, 2.75) is 32.4 Å². The van der Waals surface area contributed by atoms with Crippen LogP contribution in [0, 0.1) is 0 Å². The highest BCUT2D eigenvalue weighted by Crippen LogP contribution is 2.24. The first kappa shape index (κ1) is 17.9. The van der Waals surface area contributed by atoms with Crippen LogP contribution in [0.25, 0.3) is 0 Å². The molecule has 0 saturated heterocycles. The van der Waals surface area contributed by atoms with Gasteiger partial charge < -0.3 is 19.9 Å². The van der Waals surface area contributed by atoms with Crippen LogP contribution in [0.3, 0.4) is 0 Å². The van der Waals surface area contributed by atoms with Crippen molar-refractivity contribution < 1.29 is 19.4 Å². The highest BCUT2D eigenvalue weighted by Gasteiger charge is 2.18. The van der Waals surface area contributed by atoms with Crippen LogP contribution in [-0.4, -0.2) is 37.4 Å². The molecule has 0 spiro atoms. The number of ether oxygens (including phenoxy) is 2. The molecule has 1 aromatic rings. The zero-order valence-electron chi connectivity index (χ0n) is 12.4. The number of nitrogens with one attached hydrogen (secondary N) is 1. The summed E-state index contributed by atoms with van der Waals surface area (Å²) in [5, 5.41) is 12.4. The normalized spacial score (nSPS) is 12.1. The molecule has 0 saturated carbocycles. The summed E-state index contributed by atoms with van der Waals surface area (Å²) in [6.45, 7) is 3.99. The summed E-state index contributed by atoms with van der Waals surface area (Å²) in [5.41, 5.74) is 1.02. The second-order valence-corrected chi connectivity index (χ2v) is 5.51. The van der Waals surface area contributed by atoms with Crippen molar-refractivity contribution in [2.24, 2.45) is 0 Å². The van der Waals surface area contributed by atoms with E-state index in [0.717, 1.165) is 23.0 Å². The standard InChI is InChI=1S/C15H22BrNO4/c1-3-4-14(15(18)19)21-12-5-6-13(16)11(9-12)10-17-7-8-20-2/h5-6,9,14,17H,3-4,7-8,10H2,1-2H3,(H,18,19). The molecular formula is C15H22BrNO4. The summed E-state index contributed by atoms with van der Waals surface area (Å²) in [4.78, 5) is 11.1. The maximum Gasteiger partial charge on any atom is 0.344 e. The third-order valence-electron chi connectivity index (χ3n) is 2.92. The average Bonchev–Trinajstić information content (AvgIpc) is 2.46. The summed E-state index contributed by atoms with van der Waals surface area (Å²) >= 11 is 3.48. The van der Waals surface area contributed by atoms with Crippen molar-refractivity contribution in [3.05, 3.63) is 28.2 Å². The van der Waals surface area contributed by atoms with Gasteiger partial charge in [0, 0.05) is 24.7 Å². The Morgan fingerprint density at radius 1 is 1.48 bits per heavy atom. The van der Waals surface area contributed by atoms with Crippen LogP contribution in [0.4, 0.5) is 0 Å². The minimum Gasteiger partial charge on any atom is -0.479 e. The lowest BCUT2D eigenvalue weighted by Gasteiger charge is -2.16. The Labute approximate surface area is 133 Å². The minimum absolute atomic E-state index is 0.493. The molecule has 1 atom stereocenters. The molecular weight excluding hydrogens is 338 g/mol. The van der Waals surface area contributed by atoms with E-state index in [-0.39, 0.29) is 0 Å². The summed E-state index contributed by atoms with van der Waals surface area (Å²) in [7, 11) is 1.66. The Morgan fingerprint density at radius 3 is 2.86 bits per heavy atom. The first-order valence-corrected chi connectivity index (χ1v) is 7.75. The molecule has 0 aliphatic rings. The van der Waals surface area contributed by atoms with Crippen LogP contribution in [0.1, 0.15) is 25.3 Å². The molecule has 0 heterocycles. The Kier molecular flexibility index (Phi) is 8.34. The lowest BCUT2D eigenvalue weighted by molar-refractivity contribution is -0.145. The van der Waals surface area contributed by atoms with E-state index in [2.05, 4.69) is 21.2 Å². The Bertz CT molecular complexity index is 453. The number of carboxylic acids is 1. The van der Waals surface area contributed by atoms with Crippen molar-refractivity contribution >= 4 is 21.9 Å². The van der Waals surface area contributed by atoms with Gasteiger partial charge in [-0.1, -0.05) is 29.3 Å². The monoisotopic (exact) mass is 359 g/mol. The summed E-state index contributed by atoms with van der Waals surface area (Å²) in [6, 6.07) is 5.50. The summed E-state index contributed by atoms with van der Waals surface area (Å²) in [5.74, 6) is -0.359. The van der Waals surface area contributed by atoms with Crippen LogP contribution in [0.5, 0.6) is 5.75 Å². The van der Waals surface area contributed by atoms with Crippen LogP contribution in [0.15, 0.2) is 22.7 Å². The molecule has 5 nitrogen and oxygen atoms in total. The highest BCUT2D eigenvalue weighted by molar-refractivity contribution is 9.10. The van der Waals surface area contributed by atoms with Crippen molar-refractivity contribution in [1.82, 2.24) is 5.32 Å². The molecule has 1 rings (SSSR count). The highest BCUT2D eigenvalue weighted by atomic mass is 79.9. The van der Waals surface area contributed by atoms with E-state index in [1.54, 1.807) is 13.2 Å². The first-order chi connectivity index (χ1) is 10.1. The van der Waals surface area contributed by atoms with Gasteiger partial charge in [-0.05, 0) is 30.2 Å². The molecule has 0 aliphatic heterocycles. The maximum absolute atomic E-state index is 11.1. The van der Waals surface area contributed by atoms with Crippen molar-refractivity contribution in [3.8, 4) is 5.75 Å². The van der Waals surface area contributed by atoms with Gasteiger partial charge >= 0.3 is 5.97 Å². The molecule has 21 heavy (non-hydrogen) atoms. The van der Waals surface area contributed by atoms with Gasteiger partial charge in [0.2, 0.25) is 0 Å². The lowest BCUT2D eigenvalue weighted by Crippen LogP contribution is -2.26. The van der Waals surface area contributed by atoms with E-state index >= 15 is 0 Å². The first-order valence-electron chi connectivity index (χ1n) is 6.96. The number of carboxylic acid groups (broad SMARTS) is 1. The van der Waals surface area contributed by atoms with Gasteiger partial charge in [-0.3, -0.25) is 0 Å². The van der Waals surface area contributed by atoms with Crippen molar-refractivity contribution in [1.29, 1.82) is 0 Å². The number of carbonyl (C=O) groups is 1. The molecule has 0 fully saturated rings. The van der Waals surface area contributed by atoms with Gasteiger partial charge in [-0.15, -0.1) is 0 Å². The molecule has 0 aliphatic carbocycles. The molecule has 1 aromatic carbocycles. The van der Waals surface area contributed by atoms with Crippen LogP contribution in [-0.2, 0) is 16.1 Å². The quantitative estimate of drug-likeness (QED) is 0.628. The number of hydrogen-bond donors (Lipinski definition) is 2. The van der Waals surface area contributed by atoms with E-state index in [0.29, 0.717) is 25.3 Å². The summed E-state index contributed by atoms with van der Waals surface area (Å²) < 4.78 is 11.5. The predicted molar refractivity (Wildman–Crippen MR) is 84.7 cm³/mol. The fourth-order valence-electron chi connectivity index (χ4n) is 1.82. The second kappa shape index (κ2) is 9.76. The maximum atomic E-state index is 11.1. The lowest BCUT2D eigenvalue weighted by atomic mass is 10.2. The minimum atomic E-state index is -0.931. The molecule has 0 amide bonds. The van der Waals surface area contributed by atoms with E-state index < -0.39 is 12.1 Å². The number of hydrogen-bond acceptors (Lipinski definition) is 4. The Morgan fingerprint density at radius 2 is 2.24 bits per heavy atom. The molecule has 0 bridgehead atoms. The average molecular weight is 360 g/mol. The predicted octanol–water partition coefficient (Wildman–Crippen LogP) is 2.82. The van der Waals surface area contributed by atoms with Gasteiger partial charge in [-0.25, -0.2) is 4.79 Å². The molecule has 6 heteroatoms. The summed E-state index contributed by atoms with van der Waals surface area (Å²) in [6.07, 6.45) is 0.455. The van der Waals surface area contributed by atoms with E-state index in [1.807, 2.05) is 19.1 Å². The van der Waals surface area contributed by atoms with Crippen LogP contribution < -0.4 is 10.1 Å². The smallest absolute Gasteiger partial charge is 0.344 e. The number of rotatable bonds is 10. The third-order valence-corrected chi connectivity index (χ3v) is 3.69. The van der Waals surface area contributed by atoms with E-state index in [1.165, 1.54) is 0 Å². The number of halogens is 1. The van der Waals surface area contributed by atoms with Gasteiger partial charge in [0.15, 0.2) is 6.10 Å². The fourth-order valence-corrected chi connectivity index (χ4v) is 2.20. The van der Waals surface area contributed by atoms with Crippen molar-refractivity contribution in [2.75, 3.05) is 20.3 Å². The Hall–Kier alpha value is -1.11. The third kappa shape index (κ3) is 6.46. The van der Waals surface area contributed by atoms with Gasteiger partial charge in [0.05, 0.1) is 6.61 Å². The second-order valence-electron chi connectivity index (χ2n) is 4.66. The zero-order valence-corrected chi connectivity index (χ0v) is 14.0. The van der Waals surface area contributed by atoms with E-state index in [4.69, 9.17) is 14.6 Å². The van der Waals surface area contributed by atoms with Gasteiger partial charge in [0.25, 0.3) is 0 Å². The molecule has 2 N–H and O–H groups in total. The van der Waals surface area contributed by atoms with Gasteiger partial charge in [-0.2, -0.15) is 0 Å². The van der Waals surface area contributed by atoms with E-state index in [9.17, 15) is 4.79 Å². The number of benzene rings is 1. The molecule has 118 valence electrons. The SMILES string of the molecule is CCCC(Oc1ccc(Br)c(CNCCOC)c1)C(=O)O. The topological polar surface area (TPSA) is 67.8 Å². The molecule has 0 radical (unpaired) electrons. The fraction of sp³-hybridized carbons (Fsp3) is 0.533. The number of methoxy groups -OCH3 is 1. The van der Waals surface area contributed by atoms with Gasteiger partial charge in [0.1, 0.15) is 5.75 Å². The number of aliphatic carboxylic acids is 1. The Balaban J connectivity index is 2.68.